The van der Waals surface area contributed by atoms with Crippen LogP contribution in [0.3, 0.4) is 0 Å². The highest BCUT2D eigenvalue weighted by Crippen LogP contribution is 2.12. The third kappa shape index (κ3) is 3.46. The molecule has 0 radical (unpaired) electrons. The number of nitrogens with one attached hydrogen (secondary N) is 1. The van der Waals surface area contributed by atoms with E-state index in [0.29, 0.717) is 5.56 Å². The summed E-state index contributed by atoms with van der Waals surface area (Å²) in [4.78, 5) is 0. The first-order chi connectivity index (χ1) is 7.27. The first kappa shape index (κ1) is 11.3. The van der Waals surface area contributed by atoms with Gasteiger partial charge in [0.15, 0.2) is 0 Å². The zero-order valence-electron chi connectivity index (χ0n) is 8.57. The summed E-state index contributed by atoms with van der Waals surface area (Å²) < 4.78 is 13.3. The summed E-state index contributed by atoms with van der Waals surface area (Å²) in [6.07, 6.45) is 0.872. The van der Waals surface area contributed by atoms with E-state index in [-0.39, 0.29) is 12.4 Å². The fourth-order valence-corrected chi connectivity index (χ4v) is 1.14. The normalized spacial score (nSPS) is 10.5. The van der Waals surface area contributed by atoms with E-state index < -0.39 is 0 Å². The van der Waals surface area contributed by atoms with E-state index in [1.807, 2.05) is 6.92 Å². The molecular weight excluding hydrogens is 195 g/mol. The summed E-state index contributed by atoms with van der Waals surface area (Å²) in [5.41, 5.74) is 3.83. The summed E-state index contributed by atoms with van der Waals surface area (Å²) in [5.74, 6) is -0.266. The highest BCUT2D eigenvalue weighted by Gasteiger charge is 2.01. The molecule has 0 atom stereocenters. The molecule has 15 heavy (non-hydrogen) atoms. The number of aryl methyl sites for hydroxylation is 1. The van der Waals surface area contributed by atoms with Gasteiger partial charge in [-0.3, -0.25) is 0 Å². The molecule has 1 rings (SSSR count). The van der Waals surface area contributed by atoms with Crippen LogP contribution >= 0.6 is 0 Å². The lowest BCUT2D eigenvalue weighted by molar-refractivity contribution is 0.603. The number of hydrazone groups is 1. The van der Waals surface area contributed by atoms with Gasteiger partial charge in [0.2, 0.25) is 0 Å². The molecule has 0 aliphatic rings. The number of rotatable bonds is 5. The van der Waals surface area contributed by atoms with Crippen molar-refractivity contribution in [2.24, 2.45) is 15.4 Å². The van der Waals surface area contributed by atoms with E-state index in [1.54, 1.807) is 12.1 Å². The Morgan fingerprint density at radius 1 is 1.47 bits per heavy atom. The molecule has 1 aromatic carbocycles. The van der Waals surface area contributed by atoms with Gasteiger partial charge >= 0.3 is 0 Å². The minimum Gasteiger partial charge on any atom is -0.207 e. The highest BCUT2D eigenvalue weighted by molar-refractivity contribution is 5.25. The lowest BCUT2D eigenvalue weighted by atomic mass is 10.1. The molecule has 0 amide bonds. The van der Waals surface area contributed by atoms with Crippen molar-refractivity contribution in [3.63, 3.8) is 0 Å². The molecule has 0 aliphatic heterocycles. The van der Waals surface area contributed by atoms with E-state index in [2.05, 4.69) is 27.7 Å². The van der Waals surface area contributed by atoms with Crippen LogP contribution in [0, 0.1) is 5.82 Å². The number of hydrogen-bond acceptors (Lipinski definition) is 3. The molecule has 80 valence electrons. The lowest BCUT2D eigenvalue weighted by Gasteiger charge is -2.01. The Balaban J connectivity index is 2.70. The van der Waals surface area contributed by atoms with Gasteiger partial charge in [0.1, 0.15) is 5.82 Å². The van der Waals surface area contributed by atoms with Gasteiger partial charge in [0, 0.05) is 12.3 Å². The van der Waals surface area contributed by atoms with Crippen molar-refractivity contribution in [2.75, 3.05) is 0 Å². The van der Waals surface area contributed by atoms with Crippen molar-refractivity contribution in [1.82, 2.24) is 5.53 Å². The fraction of sp³-hybridized carbons (Fsp3) is 0.300. The Morgan fingerprint density at radius 2 is 2.27 bits per heavy atom. The third-order valence-electron chi connectivity index (χ3n) is 1.95. The second-order valence-corrected chi connectivity index (χ2v) is 2.94. The van der Waals surface area contributed by atoms with Crippen molar-refractivity contribution in [1.29, 1.82) is 0 Å². The van der Waals surface area contributed by atoms with E-state index in [1.165, 1.54) is 6.07 Å². The van der Waals surface area contributed by atoms with Crippen LogP contribution in [-0.4, -0.2) is 6.72 Å². The molecule has 0 fully saturated rings. The van der Waals surface area contributed by atoms with Crippen molar-refractivity contribution in [2.45, 2.75) is 19.9 Å². The monoisotopic (exact) mass is 208 g/mol. The third-order valence-corrected chi connectivity index (χ3v) is 1.95. The van der Waals surface area contributed by atoms with Gasteiger partial charge in [0.25, 0.3) is 0 Å². The highest BCUT2D eigenvalue weighted by atomic mass is 19.1. The topological polar surface area (TPSA) is 49.1 Å². The van der Waals surface area contributed by atoms with Crippen LogP contribution in [-0.2, 0) is 13.0 Å². The predicted molar refractivity (Wildman–Crippen MR) is 57.0 cm³/mol. The Bertz CT molecular complexity index is 362. The van der Waals surface area contributed by atoms with E-state index in [0.717, 1.165) is 12.0 Å². The molecule has 4 nitrogen and oxygen atoms in total. The van der Waals surface area contributed by atoms with Gasteiger partial charge < -0.3 is 0 Å². The van der Waals surface area contributed by atoms with Crippen LogP contribution < -0.4 is 5.53 Å². The zero-order valence-corrected chi connectivity index (χ0v) is 8.57. The quantitative estimate of drug-likeness (QED) is 0.451. The summed E-state index contributed by atoms with van der Waals surface area (Å²) in [6, 6.07) is 5.00. The molecule has 0 saturated carbocycles. The largest absolute Gasteiger partial charge is 0.207 e. The van der Waals surface area contributed by atoms with Gasteiger partial charge in [0.05, 0.1) is 6.54 Å². The van der Waals surface area contributed by atoms with Crippen LogP contribution in [0.4, 0.5) is 4.39 Å². The first-order valence-corrected chi connectivity index (χ1v) is 4.62. The minimum atomic E-state index is -0.266. The van der Waals surface area contributed by atoms with Gasteiger partial charge in [-0.2, -0.15) is 15.8 Å². The van der Waals surface area contributed by atoms with E-state index >= 15 is 0 Å². The number of nitrogens with zero attached hydrogens (tertiary/aromatic N) is 3. The smallest absolute Gasteiger partial charge is 0.128 e. The summed E-state index contributed by atoms with van der Waals surface area (Å²) in [6.45, 7) is 5.37. The van der Waals surface area contributed by atoms with Crippen LogP contribution in [0.25, 0.3) is 0 Å². The van der Waals surface area contributed by atoms with Crippen molar-refractivity contribution >= 4 is 6.72 Å². The number of hydrogen-bond donors (Lipinski definition) is 1. The van der Waals surface area contributed by atoms with Crippen LogP contribution in [0.1, 0.15) is 18.1 Å². The number of benzene rings is 1. The Hall–Kier alpha value is -1.78. The molecule has 5 heteroatoms. The Kier molecular flexibility index (Phi) is 4.40. The Labute approximate surface area is 87.9 Å². The fourth-order valence-electron chi connectivity index (χ4n) is 1.14. The second kappa shape index (κ2) is 5.85. The van der Waals surface area contributed by atoms with Gasteiger partial charge in [-0.1, -0.05) is 24.3 Å². The van der Waals surface area contributed by atoms with E-state index in [9.17, 15) is 4.39 Å². The molecule has 0 heterocycles. The molecule has 0 aromatic heterocycles. The van der Waals surface area contributed by atoms with Crippen molar-refractivity contribution in [3.05, 3.63) is 35.1 Å². The lowest BCUT2D eigenvalue weighted by Crippen LogP contribution is -1.93. The molecule has 1 N–H and O–H groups in total. The van der Waals surface area contributed by atoms with E-state index in [4.69, 9.17) is 0 Å². The van der Waals surface area contributed by atoms with Gasteiger partial charge in [-0.05, 0) is 18.1 Å². The second-order valence-electron chi connectivity index (χ2n) is 2.94. The standard InChI is InChI=1S/C10H13FN4/c1-3-8-4-5-10(11)9(6-8)7-13-15-14-12-2/h4-6H,2-3,7H2,1H3,(H,13,14). The van der Waals surface area contributed by atoms with Crippen LogP contribution in [0.15, 0.2) is 33.6 Å². The number of halogens is 1. The summed E-state index contributed by atoms with van der Waals surface area (Å²) >= 11 is 0. The maximum Gasteiger partial charge on any atom is 0.128 e. The van der Waals surface area contributed by atoms with Crippen molar-refractivity contribution < 1.29 is 4.39 Å². The van der Waals surface area contributed by atoms with Crippen LogP contribution in [0.2, 0.25) is 0 Å². The molecule has 0 spiro atoms. The molecule has 0 saturated heterocycles. The average Bonchev–Trinajstić information content (AvgIpc) is 2.26. The average molecular weight is 208 g/mol. The first-order valence-electron chi connectivity index (χ1n) is 4.62. The maximum absolute atomic E-state index is 13.3. The molecule has 0 unspecified atom stereocenters. The zero-order chi connectivity index (χ0) is 11.1. The molecular formula is C10H13FN4. The van der Waals surface area contributed by atoms with Gasteiger partial charge in [-0.25, -0.2) is 4.39 Å². The summed E-state index contributed by atoms with van der Waals surface area (Å²) in [5, 5.41) is 10.4. The molecule has 0 aliphatic carbocycles. The predicted octanol–water partition coefficient (Wildman–Crippen LogP) is 2.46. The maximum atomic E-state index is 13.3. The Morgan fingerprint density at radius 3 is 2.93 bits per heavy atom. The van der Waals surface area contributed by atoms with Gasteiger partial charge in [-0.15, -0.1) is 0 Å². The van der Waals surface area contributed by atoms with Crippen molar-refractivity contribution in [3.8, 4) is 0 Å². The molecule has 1 aromatic rings. The minimum absolute atomic E-state index is 0.197. The summed E-state index contributed by atoms with van der Waals surface area (Å²) in [7, 11) is 0. The SMILES string of the molecule is C=NNN=NCc1cc(CC)ccc1F. The van der Waals surface area contributed by atoms with Crippen LogP contribution in [0.5, 0.6) is 0 Å². The molecule has 0 bridgehead atoms.